The first-order valence-corrected chi connectivity index (χ1v) is 10.4. The number of piperazine rings is 1. The predicted molar refractivity (Wildman–Crippen MR) is 116 cm³/mol. The first-order chi connectivity index (χ1) is 13.6. The Morgan fingerprint density at radius 3 is 2.14 bits per heavy atom. The van der Waals surface area contributed by atoms with E-state index in [2.05, 4.69) is 59.8 Å². The molecule has 0 atom stereocenters. The summed E-state index contributed by atoms with van der Waals surface area (Å²) in [6.07, 6.45) is 3.70. The summed E-state index contributed by atoms with van der Waals surface area (Å²) in [5.74, 6) is 0.0453. The Morgan fingerprint density at radius 1 is 0.964 bits per heavy atom. The van der Waals surface area contributed by atoms with Gasteiger partial charge in [-0.2, -0.15) is 0 Å². The van der Waals surface area contributed by atoms with Crippen LogP contribution in [0.1, 0.15) is 42.7 Å². The highest BCUT2D eigenvalue weighted by atomic mass is 16.2. The summed E-state index contributed by atoms with van der Waals surface area (Å²) in [7, 11) is 0. The maximum absolute atomic E-state index is 12.9. The molecule has 0 unspecified atom stereocenters. The van der Waals surface area contributed by atoms with Gasteiger partial charge in [0.25, 0.3) is 5.91 Å². The molecule has 1 aliphatic heterocycles. The smallest absolute Gasteiger partial charge is 0.272 e. The van der Waals surface area contributed by atoms with Gasteiger partial charge in [0.05, 0.1) is 0 Å². The van der Waals surface area contributed by atoms with E-state index < -0.39 is 0 Å². The van der Waals surface area contributed by atoms with Crippen molar-refractivity contribution in [1.29, 1.82) is 0 Å². The van der Waals surface area contributed by atoms with Gasteiger partial charge in [-0.1, -0.05) is 26.0 Å². The number of pyridine rings is 1. The lowest BCUT2D eigenvalue weighted by atomic mass is 10.2. The molecule has 0 bridgehead atoms. The Hall–Kier alpha value is -2.56. The molecule has 28 heavy (non-hydrogen) atoms. The lowest BCUT2D eigenvalue weighted by Crippen LogP contribution is -2.46. The molecule has 1 saturated heterocycles. The van der Waals surface area contributed by atoms with E-state index in [9.17, 15) is 4.79 Å². The van der Waals surface area contributed by atoms with E-state index in [1.165, 1.54) is 11.3 Å². The quantitative estimate of drug-likeness (QED) is 0.728. The van der Waals surface area contributed by atoms with Crippen molar-refractivity contribution in [1.82, 2.24) is 9.88 Å². The van der Waals surface area contributed by atoms with Crippen LogP contribution in [0.5, 0.6) is 0 Å². The summed E-state index contributed by atoms with van der Waals surface area (Å²) < 4.78 is 0. The predicted octanol–water partition coefficient (Wildman–Crippen LogP) is 3.98. The second-order valence-electron chi connectivity index (χ2n) is 7.50. The summed E-state index contributed by atoms with van der Waals surface area (Å²) >= 11 is 0. The number of hydrogen-bond acceptors (Lipinski definition) is 4. The Balaban J connectivity index is 1.67. The molecule has 0 radical (unpaired) electrons. The molecule has 3 rings (SSSR count). The fraction of sp³-hybridized carbons (Fsp3) is 0.478. The van der Waals surface area contributed by atoms with E-state index in [0.29, 0.717) is 5.69 Å². The zero-order chi connectivity index (χ0) is 19.9. The molecule has 150 valence electrons. The van der Waals surface area contributed by atoms with Gasteiger partial charge in [0.1, 0.15) is 5.69 Å². The van der Waals surface area contributed by atoms with Gasteiger partial charge in [-0.05, 0) is 49.6 Å². The minimum Gasteiger partial charge on any atom is -0.368 e. The largest absolute Gasteiger partial charge is 0.368 e. The van der Waals surface area contributed by atoms with Gasteiger partial charge in [0, 0.05) is 56.8 Å². The van der Waals surface area contributed by atoms with Crippen molar-refractivity contribution in [2.24, 2.45) is 0 Å². The number of amides is 1. The van der Waals surface area contributed by atoms with E-state index in [-0.39, 0.29) is 5.91 Å². The van der Waals surface area contributed by atoms with Crippen LogP contribution in [-0.2, 0) is 0 Å². The van der Waals surface area contributed by atoms with Gasteiger partial charge >= 0.3 is 0 Å². The van der Waals surface area contributed by atoms with Crippen LogP contribution in [0.25, 0.3) is 0 Å². The van der Waals surface area contributed by atoms with E-state index in [4.69, 9.17) is 0 Å². The third-order valence-corrected chi connectivity index (χ3v) is 5.25. The molecule has 1 fully saturated rings. The Bertz CT molecular complexity index is 778. The van der Waals surface area contributed by atoms with Gasteiger partial charge in [0.2, 0.25) is 0 Å². The van der Waals surface area contributed by atoms with Crippen LogP contribution in [-0.4, -0.2) is 55.1 Å². The van der Waals surface area contributed by atoms with Gasteiger partial charge in [0.15, 0.2) is 0 Å². The van der Waals surface area contributed by atoms with Gasteiger partial charge in [-0.25, -0.2) is 0 Å². The molecule has 0 aliphatic carbocycles. The van der Waals surface area contributed by atoms with Crippen molar-refractivity contribution in [3.8, 4) is 0 Å². The van der Waals surface area contributed by atoms with E-state index in [1.807, 2.05) is 17.0 Å². The highest BCUT2D eigenvalue weighted by Gasteiger charge is 2.20. The zero-order valence-electron chi connectivity index (χ0n) is 17.4. The number of aryl methyl sites for hydroxylation is 1. The van der Waals surface area contributed by atoms with Crippen molar-refractivity contribution in [3.05, 3.63) is 53.9 Å². The standard InChI is InChI=1S/C23H32N4O/c1-4-11-27(12-5-2)23(28)22-18-21(9-10-24-22)26-15-13-25(14-16-26)20-8-6-7-19(3)17-20/h6-10,17-18H,4-5,11-16H2,1-3H3. The monoisotopic (exact) mass is 380 g/mol. The molecule has 2 aromatic rings. The number of carbonyl (C=O) groups excluding carboxylic acids is 1. The first-order valence-electron chi connectivity index (χ1n) is 10.4. The zero-order valence-corrected chi connectivity index (χ0v) is 17.4. The van der Waals surface area contributed by atoms with Crippen LogP contribution in [0.3, 0.4) is 0 Å². The molecule has 0 saturated carbocycles. The summed E-state index contributed by atoms with van der Waals surface area (Å²) in [6.45, 7) is 11.8. The van der Waals surface area contributed by atoms with Crippen molar-refractivity contribution < 1.29 is 4.79 Å². The minimum absolute atomic E-state index is 0.0453. The molecule has 1 aromatic carbocycles. The number of nitrogens with zero attached hydrogens (tertiary/aromatic N) is 4. The molecule has 1 aromatic heterocycles. The minimum atomic E-state index is 0.0453. The SMILES string of the molecule is CCCN(CCC)C(=O)c1cc(N2CCN(c3cccc(C)c3)CC2)ccn1. The molecule has 5 nitrogen and oxygen atoms in total. The normalized spacial score (nSPS) is 14.2. The average Bonchev–Trinajstić information content (AvgIpc) is 2.73. The van der Waals surface area contributed by atoms with Gasteiger partial charge < -0.3 is 14.7 Å². The summed E-state index contributed by atoms with van der Waals surface area (Å²) in [5.41, 5.74) is 4.23. The van der Waals surface area contributed by atoms with E-state index in [1.54, 1.807) is 6.20 Å². The molecule has 0 N–H and O–H groups in total. The second kappa shape index (κ2) is 9.58. The summed E-state index contributed by atoms with van der Waals surface area (Å²) in [6, 6.07) is 12.7. The number of rotatable bonds is 7. The fourth-order valence-electron chi connectivity index (χ4n) is 3.80. The number of hydrogen-bond donors (Lipinski definition) is 0. The van der Waals surface area contributed by atoms with Crippen LogP contribution < -0.4 is 9.80 Å². The molecule has 2 heterocycles. The van der Waals surface area contributed by atoms with Crippen LogP contribution >= 0.6 is 0 Å². The molecular formula is C23H32N4O. The summed E-state index contributed by atoms with van der Waals surface area (Å²) in [4.78, 5) is 23.9. The molecule has 1 amide bonds. The third kappa shape index (κ3) is 4.83. The molecule has 1 aliphatic rings. The fourth-order valence-corrected chi connectivity index (χ4v) is 3.80. The van der Waals surface area contributed by atoms with E-state index in [0.717, 1.165) is 57.8 Å². The highest BCUT2D eigenvalue weighted by Crippen LogP contribution is 2.22. The number of anilines is 2. The van der Waals surface area contributed by atoms with Gasteiger partial charge in [-0.15, -0.1) is 0 Å². The number of benzene rings is 1. The van der Waals surface area contributed by atoms with Crippen LogP contribution in [0.2, 0.25) is 0 Å². The molecule has 0 spiro atoms. The van der Waals surface area contributed by atoms with Crippen molar-refractivity contribution in [3.63, 3.8) is 0 Å². The highest BCUT2D eigenvalue weighted by molar-refractivity contribution is 5.93. The van der Waals surface area contributed by atoms with E-state index >= 15 is 0 Å². The topological polar surface area (TPSA) is 39.7 Å². The maximum atomic E-state index is 12.9. The number of aromatic nitrogens is 1. The van der Waals surface area contributed by atoms with Crippen LogP contribution in [0.15, 0.2) is 42.6 Å². The van der Waals surface area contributed by atoms with Crippen molar-refractivity contribution in [2.45, 2.75) is 33.6 Å². The van der Waals surface area contributed by atoms with Crippen LogP contribution in [0, 0.1) is 6.92 Å². The molecule has 5 heteroatoms. The Labute approximate surface area is 169 Å². The third-order valence-electron chi connectivity index (χ3n) is 5.25. The maximum Gasteiger partial charge on any atom is 0.272 e. The average molecular weight is 381 g/mol. The first kappa shape index (κ1) is 20.2. The molecular weight excluding hydrogens is 348 g/mol. The number of carbonyl (C=O) groups is 1. The Kier molecular flexibility index (Phi) is 6.90. The lowest BCUT2D eigenvalue weighted by Gasteiger charge is -2.37. The second-order valence-corrected chi connectivity index (χ2v) is 7.50. The summed E-state index contributed by atoms with van der Waals surface area (Å²) in [5, 5.41) is 0. The van der Waals surface area contributed by atoms with Crippen LogP contribution in [0.4, 0.5) is 11.4 Å². The van der Waals surface area contributed by atoms with Gasteiger partial charge in [-0.3, -0.25) is 9.78 Å². The van der Waals surface area contributed by atoms with Crippen molar-refractivity contribution in [2.75, 3.05) is 49.1 Å². The Morgan fingerprint density at radius 2 is 1.57 bits per heavy atom. The lowest BCUT2D eigenvalue weighted by molar-refractivity contribution is 0.0749. The van der Waals surface area contributed by atoms with Crippen molar-refractivity contribution >= 4 is 17.3 Å².